The van der Waals surface area contributed by atoms with Crippen LogP contribution < -0.4 is 10.1 Å². The molecule has 2 aromatic rings. The van der Waals surface area contributed by atoms with Crippen molar-refractivity contribution in [2.45, 2.75) is 75.6 Å². The van der Waals surface area contributed by atoms with Gasteiger partial charge in [-0.15, -0.1) is 0 Å². The third kappa shape index (κ3) is 4.41. The van der Waals surface area contributed by atoms with Gasteiger partial charge in [-0.2, -0.15) is 0 Å². The molecule has 0 spiro atoms. The number of ether oxygens (including phenoxy) is 1. The van der Waals surface area contributed by atoms with Gasteiger partial charge in [0, 0.05) is 31.1 Å². The molecule has 36 heavy (non-hydrogen) atoms. The first kappa shape index (κ1) is 23.2. The largest absolute Gasteiger partial charge is 0.489 e. The Morgan fingerprint density at radius 2 is 1.75 bits per heavy atom. The van der Waals surface area contributed by atoms with Gasteiger partial charge < -0.3 is 9.64 Å². The molecule has 7 heteroatoms. The van der Waals surface area contributed by atoms with Crippen molar-refractivity contribution in [2.24, 2.45) is 0 Å². The maximum Gasteiger partial charge on any atom is 0.255 e. The first-order valence-electron chi connectivity index (χ1n) is 13.3. The highest BCUT2D eigenvalue weighted by Gasteiger charge is 2.40. The van der Waals surface area contributed by atoms with Crippen LogP contribution in [0.5, 0.6) is 5.75 Å². The van der Waals surface area contributed by atoms with E-state index in [0.717, 1.165) is 37.2 Å². The summed E-state index contributed by atoms with van der Waals surface area (Å²) in [5, 5.41) is 2.36. The summed E-state index contributed by atoms with van der Waals surface area (Å²) in [7, 11) is 0. The number of hydrogen-bond acceptors (Lipinski definition) is 5. The summed E-state index contributed by atoms with van der Waals surface area (Å²) in [6, 6.07) is 16.3. The van der Waals surface area contributed by atoms with Crippen molar-refractivity contribution in [3.8, 4) is 5.75 Å². The fourth-order valence-corrected chi connectivity index (χ4v) is 6.52. The minimum Gasteiger partial charge on any atom is -0.489 e. The number of carbonyl (C=O) groups is 3. The van der Waals surface area contributed by atoms with Crippen LogP contribution in [0.3, 0.4) is 0 Å². The molecule has 0 bridgehead atoms. The fraction of sp³-hybridized carbons (Fsp3) is 0.483. The van der Waals surface area contributed by atoms with E-state index in [1.165, 1.54) is 24.8 Å². The highest BCUT2D eigenvalue weighted by molar-refractivity contribution is 6.05. The molecule has 3 fully saturated rings. The normalized spacial score (nSPS) is 28.8. The minimum absolute atomic E-state index is 0.134. The van der Waals surface area contributed by atoms with Crippen LogP contribution in [0.25, 0.3) is 0 Å². The molecule has 1 N–H and O–H groups in total. The van der Waals surface area contributed by atoms with Crippen LogP contribution in [0.1, 0.15) is 72.3 Å². The van der Waals surface area contributed by atoms with E-state index in [2.05, 4.69) is 40.5 Å². The molecule has 1 unspecified atom stereocenters. The molecule has 0 aromatic heterocycles. The highest BCUT2D eigenvalue weighted by atomic mass is 16.5. The van der Waals surface area contributed by atoms with Gasteiger partial charge in [0.15, 0.2) is 0 Å². The summed E-state index contributed by atoms with van der Waals surface area (Å²) >= 11 is 0. The maximum absolute atomic E-state index is 13.0. The lowest BCUT2D eigenvalue weighted by Crippen LogP contribution is -2.52. The topological polar surface area (TPSA) is 79.0 Å². The predicted molar refractivity (Wildman–Crippen MR) is 135 cm³/mol. The van der Waals surface area contributed by atoms with Crippen molar-refractivity contribution in [1.82, 2.24) is 15.1 Å². The molecule has 1 saturated carbocycles. The van der Waals surface area contributed by atoms with Crippen molar-refractivity contribution in [3.63, 3.8) is 0 Å². The second-order valence-electron chi connectivity index (χ2n) is 10.6. The first-order valence-corrected chi connectivity index (χ1v) is 13.3. The molecule has 6 rings (SSSR count). The van der Waals surface area contributed by atoms with Crippen molar-refractivity contribution in [3.05, 3.63) is 65.2 Å². The van der Waals surface area contributed by atoms with E-state index in [1.54, 1.807) is 4.90 Å². The summed E-state index contributed by atoms with van der Waals surface area (Å²) < 4.78 is 6.60. The van der Waals surface area contributed by atoms with Gasteiger partial charge in [-0.1, -0.05) is 36.8 Å². The van der Waals surface area contributed by atoms with Crippen LogP contribution in [0.4, 0.5) is 0 Å². The summed E-state index contributed by atoms with van der Waals surface area (Å²) in [5.41, 5.74) is 2.94. The Bertz CT molecular complexity index is 1170. The molecular weight excluding hydrogens is 454 g/mol. The van der Waals surface area contributed by atoms with Gasteiger partial charge in [0.2, 0.25) is 11.8 Å². The van der Waals surface area contributed by atoms with Gasteiger partial charge in [-0.3, -0.25) is 24.6 Å². The van der Waals surface area contributed by atoms with Crippen LogP contribution in [-0.4, -0.2) is 58.8 Å². The summed E-state index contributed by atoms with van der Waals surface area (Å²) in [5.74, 6) is 0.575. The molecule has 3 amide bonds. The molecule has 0 radical (unpaired) electrons. The average Bonchev–Trinajstić information content (AvgIpc) is 3.50. The number of nitrogens with one attached hydrogen (secondary N) is 1. The molecule has 3 aliphatic heterocycles. The van der Waals surface area contributed by atoms with E-state index in [1.807, 2.05) is 18.2 Å². The molecule has 7 nitrogen and oxygen atoms in total. The second-order valence-corrected chi connectivity index (χ2v) is 10.6. The number of likely N-dealkylation sites (tertiary alicyclic amines) is 1. The molecule has 3 heterocycles. The van der Waals surface area contributed by atoms with Gasteiger partial charge in [0.05, 0.1) is 0 Å². The highest BCUT2D eigenvalue weighted by Crippen LogP contribution is 2.36. The lowest BCUT2D eigenvalue weighted by Gasteiger charge is -2.38. The average molecular weight is 488 g/mol. The maximum atomic E-state index is 13.0. The Labute approximate surface area is 211 Å². The smallest absolute Gasteiger partial charge is 0.255 e. The van der Waals surface area contributed by atoms with Crippen LogP contribution in [-0.2, 0) is 16.1 Å². The van der Waals surface area contributed by atoms with Crippen molar-refractivity contribution in [1.29, 1.82) is 0 Å². The molecule has 2 saturated heterocycles. The summed E-state index contributed by atoms with van der Waals surface area (Å²) in [6.45, 7) is 2.55. The molecule has 1 aliphatic carbocycles. The van der Waals surface area contributed by atoms with Gasteiger partial charge in [0.1, 0.15) is 17.9 Å². The van der Waals surface area contributed by atoms with Gasteiger partial charge >= 0.3 is 0 Å². The van der Waals surface area contributed by atoms with Crippen molar-refractivity contribution in [2.75, 3.05) is 13.1 Å². The number of benzene rings is 2. The molecule has 4 aliphatic rings. The zero-order chi connectivity index (χ0) is 24.6. The molecule has 188 valence electrons. The van der Waals surface area contributed by atoms with Crippen LogP contribution in [0.15, 0.2) is 48.5 Å². The number of rotatable bonds is 5. The van der Waals surface area contributed by atoms with Gasteiger partial charge in [-0.05, 0) is 73.9 Å². The monoisotopic (exact) mass is 487 g/mol. The SMILES string of the molecule is O=C1CCC(N2Cc3cc(O[C@@H]4CCCC[C@@H]4N4CC[C@H](c5ccccc5)C4)ccc3C2=O)C(=O)N1. The summed E-state index contributed by atoms with van der Waals surface area (Å²) in [4.78, 5) is 41.1. The van der Waals surface area contributed by atoms with Crippen molar-refractivity contribution < 1.29 is 19.1 Å². The van der Waals surface area contributed by atoms with Crippen LogP contribution in [0.2, 0.25) is 0 Å². The second kappa shape index (κ2) is 9.69. The lowest BCUT2D eigenvalue weighted by molar-refractivity contribution is -0.136. The van der Waals surface area contributed by atoms with Crippen LogP contribution in [0, 0.1) is 0 Å². The minimum atomic E-state index is -0.595. The lowest BCUT2D eigenvalue weighted by atomic mass is 9.91. The summed E-state index contributed by atoms with van der Waals surface area (Å²) in [6.07, 6.45) is 6.54. The van der Waals surface area contributed by atoms with Crippen LogP contribution >= 0.6 is 0 Å². The number of nitrogens with zero attached hydrogens (tertiary/aromatic N) is 2. The number of amides is 3. The Morgan fingerprint density at radius 1 is 0.917 bits per heavy atom. The number of hydrogen-bond donors (Lipinski definition) is 1. The Balaban J connectivity index is 1.14. The van der Waals surface area contributed by atoms with E-state index in [4.69, 9.17) is 4.74 Å². The molecule has 4 atom stereocenters. The molecule has 2 aromatic carbocycles. The Kier molecular flexibility index (Phi) is 6.25. The fourth-order valence-electron chi connectivity index (χ4n) is 6.52. The van der Waals surface area contributed by atoms with E-state index in [9.17, 15) is 14.4 Å². The van der Waals surface area contributed by atoms with Gasteiger partial charge in [0.25, 0.3) is 5.91 Å². The third-order valence-corrected chi connectivity index (χ3v) is 8.41. The van der Waals surface area contributed by atoms with E-state index in [-0.39, 0.29) is 30.2 Å². The first-order chi connectivity index (χ1) is 17.6. The van der Waals surface area contributed by atoms with E-state index < -0.39 is 6.04 Å². The quantitative estimate of drug-likeness (QED) is 0.652. The number of carbonyl (C=O) groups excluding carboxylic acids is 3. The Hall–Kier alpha value is -3.19. The number of imide groups is 1. The van der Waals surface area contributed by atoms with E-state index in [0.29, 0.717) is 30.5 Å². The molecular formula is C29H33N3O4. The Morgan fingerprint density at radius 3 is 2.58 bits per heavy atom. The zero-order valence-corrected chi connectivity index (χ0v) is 20.5. The number of fused-ring (bicyclic) bond motifs is 1. The standard InChI is InChI=1S/C29H33N3O4/c33-27-13-12-25(28(34)30-27)32-18-21-16-22(10-11-23(21)29(32)35)36-26-9-5-4-8-24(26)31-15-14-20(17-31)19-6-2-1-3-7-19/h1-3,6-7,10-11,16,20,24-26H,4-5,8-9,12-15,17-18H2,(H,30,33,34)/t20-,24-,25?,26+/m0/s1. The zero-order valence-electron chi connectivity index (χ0n) is 20.5. The number of piperidine rings is 1. The predicted octanol–water partition coefficient (Wildman–Crippen LogP) is 3.63. The van der Waals surface area contributed by atoms with Crippen molar-refractivity contribution >= 4 is 17.7 Å². The van der Waals surface area contributed by atoms with E-state index >= 15 is 0 Å². The third-order valence-electron chi connectivity index (χ3n) is 8.41. The van der Waals surface area contributed by atoms with Gasteiger partial charge in [-0.25, -0.2) is 0 Å².